The Morgan fingerprint density at radius 1 is 1.06 bits per heavy atom. The Hall–Kier alpha value is -1.92. The second-order valence-corrected chi connectivity index (χ2v) is 9.31. The van der Waals surface area contributed by atoms with Gasteiger partial charge >= 0.3 is 0 Å². The van der Waals surface area contributed by atoms with Gasteiger partial charge in [0.05, 0.1) is 19.8 Å². The van der Waals surface area contributed by atoms with E-state index >= 15 is 0 Å². The van der Waals surface area contributed by atoms with Gasteiger partial charge in [-0.05, 0) is 78.2 Å². The van der Waals surface area contributed by atoms with Crippen molar-refractivity contribution in [3.8, 4) is 5.75 Å². The molecule has 1 unspecified atom stereocenters. The molecule has 0 bridgehead atoms. The molecule has 3 heterocycles. The van der Waals surface area contributed by atoms with Gasteiger partial charge in [0.25, 0.3) is 0 Å². The summed E-state index contributed by atoms with van der Waals surface area (Å²) in [7, 11) is 0. The maximum absolute atomic E-state index is 10.6. The van der Waals surface area contributed by atoms with E-state index in [-0.39, 0.29) is 0 Å². The predicted molar refractivity (Wildman–Crippen MR) is 122 cm³/mol. The molecule has 0 aromatic heterocycles. The first-order valence-corrected chi connectivity index (χ1v) is 11.6. The number of nitrogens with zero attached hydrogens (tertiary/aromatic N) is 1. The zero-order valence-corrected chi connectivity index (χ0v) is 18.2. The van der Waals surface area contributed by atoms with Gasteiger partial charge in [-0.15, -0.1) is 0 Å². The summed E-state index contributed by atoms with van der Waals surface area (Å²) < 4.78 is 17.2. The van der Waals surface area contributed by atoms with Crippen LogP contribution in [0.4, 0.5) is 0 Å². The first-order valence-electron chi connectivity index (χ1n) is 11.6. The van der Waals surface area contributed by atoms with Crippen LogP contribution in [0.25, 0.3) is 16.3 Å². The van der Waals surface area contributed by atoms with Crippen molar-refractivity contribution in [3.05, 3.63) is 48.0 Å². The van der Waals surface area contributed by atoms with Crippen LogP contribution in [0.5, 0.6) is 5.75 Å². The van der Waals surface area contributed by atoms with Gasteiger partial charge in [0, 0.05) is 13.2 Å². The third-order valence-corrected chi connectivity index (χ3v) is 7.16. The molecule has 2 aromatic rings. The lowest BCUT2D eigenvalue weighted by molar-refractivity contribution is 0.0319. The molecule has 166 valence electrons. The number of fused-ring (bicyclic) bond motifs is 1. The molecule has 0 radical (unpaired) electrons. The largest absolute Gasteiger partial charge is 0.491 e. The molecule has 5 nitrogen and oxygen atoms in total. The van der Waals surface area contributed by atoms with E-state index in [1.54, 1.807) is 0 Å². The quantitative estimate of drug-likeness (QED) is 0.764. The maximum Gasteiger partial charge on any atom is 0.120 e. The first-order chi connectivity index (χ1) is 15.2. The van der Waals surface area contributed by atoms with Crippen molar-refractivity contribution in [3.63, 3.8) is 0 Å². The van der Waals surface area contributed by atoms with E-state index < -0.39 is 6.10 Å². The van der Waals surface area contributed by atoms with E-state index in [2.05, 4.69) is 47.4 Å². The molecule has 3 aliphatic rings. The predicted octanol–water partition coefficient (Wildman–Crippen LogP) is 3.89. The van der Waals surface area contributed by atoms with Crippen LogP contribution < -0.4 is 4.74 Å². The van der Waals surface area contributed by atoms with E-state index in [9.17, 15) is 5.11 Å². The Morgan fingerprint density at radius 2 is 1.94 bits per heavy atom. The van der Waals surface area contributed by atoms with Crippen LogP contribution in [-0.2, 0) is 9.47 Å². The van der Waals surface area contributed by atoms with Gasteiger partial charge in [-0.1, -0.05) is 30.3 Å². The van der Waals surface area contributed by atoms with Gasteiger partial charge in [-0.3, -0.25) is 0 Å². The average Bonchev–Trinajstić information content (AvgIpc) is 3.27. The number of ether oxygens (including phenoxy) is 3. The average molecular weight is 424 g/mol. The Labute approximate surface area is 184 Å². The molecule has 2 aromatic carbocycles. The third-order valence-electron chi connectivity index (χ3n) is 7.16. The van der Waals surface area contributed by atoms with Crippen molar-refractivity contribution < 1.29 is 19.3 Å². The molecule has 31 heavy (non-hydrogen) atoms. The van der Waals surface area contributed by atoms with Crippen molar-refractivity contribution in [1.29, 1.82) is 0 Å². The number of likely N-dealkylation sites (tertiary alicyclic amines) is 1. The fraction of sp³-hybridized carbons (Fsp3) is 0.538. The highest BCUT2D eigenvalue weighted by Gasteiger charge is 2.38. The minimum atomic E-state index is -0.494. The second-order valence-electron chi connectivity index (χ2n) is 9.31. The molecule has 1 spiro atoms. The number of rotatable bonds is 6. The van der Waals surface area contributed by atoms with Crippen molar-refractivity contribution in [2.24, 2.45) is 5.41 Å². The first kappa shape index (κ1) is 21.0. The molecule has 5 rings (SSSR count). The maximum atomic E-state index is 10.6. The fourth-order valence-electron chi connectivity index (χ4n) is 5.20. The van der Waals surface area contributed by atoms with E-state index in [1.165, 1.54) is 35.8 Å². The number of benzene rings is 2. The molecule has 2 fully saturated rings. The summed E-state index contributed by atoms with van der Waals surface area (Å²) in [6.07, 6.45) is 6.13. The topological polar surface area (TPSA) is 51.2 Å². The summed E-state index contributed by atoms with van der Waals surface area (Å²) in [4.78, 5) is 2.37. The van der Waals surface area contributed by atoms with Crippen LogP contribution in [0, 0.1) is 5.41 Å². The minimum Gasteiger partial charge on any atom is -0.491 e. The number of hydrogen-bond donors (Lipinski definition) is 1. The lowest BCUT2D eigenvalue weighted by atomic mass is 9.78. The van der Waals surface area contributed by atoms with Crippen LogP contribution in [0.2, 0.25) is 0 Å². The molecule has 0 aliphatic carbocycles. The summed E-state index contributed by atoms with van der Waals surface area (Å²) in [6, 6.07) is 12.6. The van der Waals surface area contributed by atoms with Gasteiger partial charge in [0.2, 0.25) is 0 Å². The number of hydrogen-bond acceptors (Lipinski definition) is 5. The highest BCUT2D eigenvalue weighted by atomic mass is 16.5. The molecule has 1 atom stereocenters. The summed E-state index contributed by atoms with van der Waals surface area (Å²) in [6.45, 7) is 6.30. The SMILES string of the molecule is OC(COc1cc(C2=CCOCC2)c2ccccc2c1)CN1CCC2(CCOC2)CC1. The lowest BCUT2D eigenvalue weighted by Gasteiger charge is -2.38. The third kappa shape index (κ3) is 4.80. The van der Waals surface area contributed by atoms with Crippen LogP contribution in [-0.4, -0.2) is 68.8 Å². The summed E-state index contributed by atoms with van der Waals surface area (Å²) in [5.41, 5.74) is 2.93. The summed E-state index contributed by atoms with van der Waals surface area (Å²) in [5, 5.41) is 13.0. The number of β-amino-alcohol motifs (C(OH)–C–C–N with tert-alkyl or cyclic N) is 1. The highest BCUT2D eigenvalue weighted by Crippen LogP contribution is 2.39. The molecule has 1 N–H and O–H groups in total. The molecule has 2 saturated heterocycles. The zero-order valence-electron chi connectivity index (χ0n) is 18.2. The minimum absolute atomic E-state index is 0.310. The Bertz CT molecular complexity index is 924. The smallest absolute Gasteiger partial charge is 0.120 e. The van der Waals surface area contributed by atoms with E-state index in [4.69, 9.17) is 14.2 Å². The van der Waals surface area contributed by atoms with Gasteiger partial charge < -0.3 is 24.2 Å². The van der Waals surface area contributed by atoms with Gasteiger partial charge in [-0.25, -0.2) is 0 Å². The normalized spacial score (nSPS) is 22.5. The summed E-state index contributed by atoms with van der Waals surface area (Å²) in [5.74, 6) is 0.820. The molecule has 5 heteroatoms. The molecular weight excluding hydrogens is 390 g/mol. The highest BCUT2D eigenvalue weighted by molar-refractivity contribution is 5.95. The van der Waals surface area contributed by atoms with Crippen LogP contribution in [0.3, 0.4) is 0 Å². The second kappa shape index (κ2) is 9.29. The molecular formula is C26H33NO4. The van der Waals surface area contributed by atoms with E-state index in [0.717, 1.165) is 50.5 Å². The zero-order chi connectivity index (χ0) is 21.1. The van der Waals surface area contributed by atoms with Gasteiger partial charge in [0.15, 0.2) is 0 Å². The lowest BCUT2D eigenvalue weighted by Crippen LogP contribution is -2.44. The number of piperidine rings is 1. The molecule has 3 aliphatic heterocycles. The van der Waals surface area contributed by atoms with Gasteiger partial charge in [-0.2, -0.15) is 0 Å². The van der Waals surface area contributed by atoms with E-state index in [0.29, 0.717) is 25.2 Å². The standard InChI is InChI=1S/C26H33NO4/c28-22(17-27-10-7-26(8-11-27)9-14-30-19-26)18-31-23-15-21-3-1-2-4-24(21)25(16-23)20-5-12-29-13-6-20/h1-5,15-16,22,28H,6-14,17-19H2. The molecule has 0 amide bonds. The number of aliphatic hydroxyl groups excluding tert-OH is 1. The summed E-state index contributed by atoms with van der Waals surface area (Å²) >= 11 is 0. The Balaban J connectivity index is 1.22. The van der Waals surface area contributed by atoms with Crippen molar-refractivity contribution in [2.75, 3.05) is 52.7 Å². The Kier molecular flexibility index (Phi) is 6.28. The molecule has 0 saturated carbocycles. The van der Waals surface area contributed by atoms with Crippen molar-refractivity contribution in [1.82, 2.24) is 4.90 Å². The van der Waals surface area contributed by atoms with Crippen molar-refractivity contribution in [2.45, 2.75) is 31.8 Å². The van der Waals surface area contributed by atoms with Crippen molar-refractivity contribution >= 4 is 16.3 Å². The monoisotopic (exact) mass is 423 g/mol. The number of aliphatic hydroxyl groups is 1. The van der Waals surface area contributed by atoms with Crippen LogP contribution in [0.1, 0.15) is 31.2 Å². The van der Waals surface area contributed by atoms with Crippen LogP contribution in [0.15, 0.2) is 42.5 Å². The van der Waals surface area contributed by atoms with E-state index in [1.807, 2.05) is 0 Å². The van der Waals surface area contributed by atoms with Crippen LogP contribution >= 0.6 is 0 Å². The Morgan fingerprint density at radius 3 is 2.71 bits per heavy atom. The van der Waals surface area contributed by atoms with Gasteiger partial charge in [0.1, 0.15) is 18.5 Å². The fourth-order valence-corrected chi connectivity index (χ4v) is 5.20.